The number of hydrogen-bond acceptors (Lipinski definition) is 12. The molecule has 2 aromatic carbocycles. The average molecular weight is 826 g/mol. The van der Waals surface area contributed by atoms with Gasteiger partial charge in [-0.05, 0) is 86.2 Å². The van der Waals surface area contributed by atoms with Gasteiger partial charge < -0.3 is 30.7 Å². The summed E-state index contributed by atoms with van der Waals surface area (Å²) >= 11 is 0. The minimum absolute atomic E-state index is 0.126. The fourth-order valence-electron chi connectivity index (χ4n) is 8.83. The molecule has 16 nitrogen and oxygen atoms in total. The molecule has 5 N–H and O–H groups in total. The van der Waals surface area contributed by atoms with Crippen LogP contribution in [0.2, 0.25) is 0 Å². The molecule has 5 heterocycles. The summed E-state index contributed by atoms with van der Waals surface area (Å²) in [4.78, 5) is 56.7. The van der Waals surface area contributed by atoms with Crippen LogP contribution in [0, 0.1) is 5.41 Å². The summed E-state index contributed by atoms with van der Waals surface area (Å²) in [6, 6.07) is 19.4. The van der Waals surface area contributed by atoms with Crippen molar-refractivity contribution in [3.8, 4) is 5.82 Å². The number of carbonyl (C=O) groups excluding carboxylic acids is 2. The number of amides is 2. The van der Waals surface area contributed by atoms with E-state index < -0.39 is 0 Å². The van der Waals surface area contributed by atoms with Gasteiger partial charge in [0, 0.05) is 111 Å². The van der Waals surface area contributed by atoms with Crippen LogP contribution in [0.25, 0.3) is 16.9 Å². The Morgan fingerprint density at radius 1 is 1.00 bits per heavy atom. The largest absolute Gasteiger partial charge is 0.387 e. The Balaban J connectivity index is 0.843. The summed E-state index contributed by atoms with van der Waals surface area (Å²) in [5, 5.41) is 21.7. The van der Waals surface area contributed by atoms with Gasteiger partial charge in [-0.1, -0.05) is 19.1 Å². The van der Waals surface area contributed by atoms with Gasteiger partial charge in [0.1, 0.15) is 11.2 Å². The van der Waals surface area contributed by atoms with Crippen molar-refractivity contribution in [1.29, 1.82) is 5.41 Å². The number of aromatic nitrogens is 5. The zero-order valence-corrected chi connectivity index (χ0v) is 35.2. The van der Waals surface area contributed by atoms with Gasteiger partial charge in [-0.3, -0.25) is 25.1 Å². The molecule has 2 fully saturated rings. The summed E-state index contributed by atoms with van der Waals surface area (Å²) in [5.74, 6) is 1.43. The summed E-state index contributed by atoms with van der Waals surface area (Å²) in [7, 11) is 3.62. The lowest BCUT2D eigenvalue weighted by atomic mass is 9.99. The van der Waals surface area contributed by atoms with Crippen LogP contribution in [0.5, 0.6) is 0 Å². The van der Waals surface area contributed by atoms with Crippen LogP contribution < -0.4 is 36.6 Å². The number of aryl methyl sites for hydroxylation is 1. The second kappa shape index (κ2) is 18.0. The van der Waals surface area contributed by atoms with E-state index >= 15 is 0 Å². The number of allylic oxidation sites excluding steroid dienone is 1. The molecule has 2 aliphatic heterocycles. The van der Waals surface area contributed by atoms with E-state index in [0.29, 0.717) is 66.1 Å². The molecule has 0 bridgehead atoms. The summed E-state index contributed by atoms with van der Waals surface area (Å²) in [5.41, 5.74) is 7.46. The number of rotatable bonds is 16. The third-order valence-corrected chi connectivity index (χ3v) is 12.3. The number of pyridine rings is 1. The average Bonchev–Trinajstić information content (AvgIpc) is 3.80. The lowest BCUT2D eigenvalue weighted by Gasteiger charge is -2.45. The van der Waals surface area contributed by atoms with Gasteiger partial charge in [0.05, 0.1) is 6.54 Å². The normalized spacial score (nSPS) is 16.5. The maximum Gasteiger partial charge on any atom is 0.278 e. The molecule has 318 valence electrons. The van der Waals surface area contributed by atoms with Crippen molar-refractivity contribution >= 4 is 57.9 Å². The van der Waals surface area contributed by atoms with Crippen LogP contribution in [0.3, 0.4) is 0 Å². The van der Waals surface area contributed by atoms with Crippen molar-refractivity contribution in [2.75, 3.05) is 67.3 Å². The van der Waals surface area contributed by atoms with Crippen molar-refractivity contribution < 1.29 is 9.59 Å². The van der Waals surface area contributed by atoms with Crippen LogP contribution in [0.4, 0.5) is 28.7 Å². The van der Waals surface area contributed by atoms with Crippen LogP contribution in [0.1, 0.15) is 61.8 Å². The Bertz CT molecular complexity index is 2480. The first-order chi connectivity index (χ1) is 29.7. The predicted molar refractivity (Wildman–Crippen MR) is 241 cm³/mol. The molecule has 8 rings (SSSR count). The Kier molecular flexibility index (Phi) is 12.1. The van der Waals surface area contributed by atoms with Gasteiger partial charge in [-0.15, -0.1) is 6.58 Å². The third-order valence-electron chi connectivity index (χ3n) is 12.3. The molecule has 2 saturated heterocycles. The first-order valence-corrected chi connectivity index (χ1v) is 21.3. The Morgan fingerprint density at radius 3 is 2.49 bits per heavy atom. The number of nitrogens with one attached hydrogen (secondary N) is 5. The molecular weight excluding hydrogens is 771 g/mol. The van der Waals surface area contributed by atoms with Crippen molar-refractivity contribution in [3.05, 3.63) is 101 Å². The molecule has 1 unspecified atom stereocenters. The molecule has 61 heavy (non-hydrogen) atoms. The molecule has 1 aliphatic carbocycles. The van der Waals surface area contributed by atoms with Gasteiger partial charge >= 0.3 is 0 Å². The van der Waals surface area contributed by atoms with E-state index in [0.717, 1.165) is 86.6 Å². The first-order valence-electron chi connectivity index (χ1n) is 21.3. The molecule has 0 radical (unpaired) electrons. The second-order valence-electron chi connectivity index (χ2n) is 16.2. The zero-order valence-electron chi connectivity index (χ0n) is 35.2. The highest BCUT2D eigenvalue weighted by Crippen LogP contribution is 2.35. The van der Waals surface area contributed by atoms with Crippen LogP contribution >= 0.6 is 0 Å². The van der Waals surface area contributed by atoms with Gasteiger partial charge in [0.15, 0.2) is 11.5 Å². The predicted octanol–water partition coefficient (Wildman–Crippen LogP) is 4.76. The Hall–Kier alpha value is -6.55. The van der Waals surface area contributed by atoms with Crippen molar-refractivity contribution in [1.82, 2.24) is 39.8 Å². The number of benzene rings is 2. The fourth-order valence-corrected chi connectivity index (χ4v) is 8.83. The van der Waals surface area contributed by atoms with Crippen LogP contribution in [-0.4, -0.2) is 106 Å². The van der Waals surface area contributed by atoms with Crippen molar-refractivity contribution in [3.63, 3.8) is 0 Å². The van der Waals surface area contributed by atoms with Crippen molar-refractivity contribution in [2.24, 2.45) is 0 Å². The maximum atomic E-state index is 13.5. The summed E-state index contributed by atoms with van der Waals surface area (Å²) in [6.45, 7) is 10.5. The second-order valence-corrected chi connectivity index (χ2v) is 16.2. The van der Waals surface area contributed by atoms with Crippen LogP contribution in [-0.2, 0) is 22.6 Å². The SMILES string of the molecule is C=CCn1c(=O)c2cnc(Nc3ccc(N4CCC(NC5CN(c6ccc(C(=N)N(C)CCC(=O)NC=O)c(NC)c6)C5)CC4)cc3)nc2n1-c1ccc2c(n1)C(CC)CC2. The van der Waals surface area contributed by atoms with Gasteiger partial charge in [0.2, 0.25) is 18.3 Å². The number of nitrogens with zero attached hydrogens (tertiary/aromatic N) is 8. The lowest BCUT2D eigenvalue weighted by molar-refractivity contribution is -0.125. The van der Waals surface area contributed by atoms with E-state index in [2.05, 4.69) is 79.9 Å². The van der Waals surface area contributed by atoms with Gasteiger partial charge in [-0.25, -0.2) is 19.3 Å². The molecule has 5 aromatic rings. The minimum atomic E-state index is -0.368. The topological polar surface area (TPSA) is 181 Å². The molecule has 0 spiro atoms. The number of hydrogen-bond donors (Lipinski definition) is 5. The molecule has 1 atom stereocenters. The lowest BCUT2D eigenvalue weighted by Crippen LogP contribution is -2.61. The standard InChI is InChI=1S/C45H55N13O3/c1-5-20-57-44(61)37-25-48-45(53-43(37)58(57)39-16-9-30-8-7-29(6-2)41(30)52-39)51-31-10-12-34(13-11-31)55-22-17-32(18-23-55)50-33-26-56(27-33)35-14-15-36(38(24-35)47-3)42(46)54(4)21-19-40(60)49-28-59/h5,9-16,24-25,28-29,32-33,46-47,50H,1,6-8,17-23,26-27H2,2-4H3,(H,48,51,53)(H,49,59,60). The number of fused-ring (bicyclic) bond motifs is 2. The molecular formula is C45H55N13O3. The van der Waals surface area contributed by atoms with Gasteiger partial charge in [-0.2, -0.15) is 4.98 Å². The van der Waals surface area contributed by atoms with E-state index in [4.69, 9.17) is 15.4 Å². The molecule has 3 aromatic heterocycles. The fraction of sp³-hybridized carbons (Fsp3) is 0.400. The zero-order chi connectivity index (χ0) is 42.6. The van der Waals surface area contributed by atoms with E-state index in [1.165, 1.54) is 11.3 Å². The van der Waals surface area contributed by atoms with E-state index in [9.17, 15) is 14.4 Å². The highest BCUT2D eigenvalue weighted by atomic mass is 16.2. The highest BCUT2D eigenvalue weighted by Gasteiger charge is 2.31. The number of carbonyl (C=O) groups is 2. The van der Waals surface area contributed by atoms with E-state index in [-0.39, 0.29) is 17.9 Å². The monoisotopic (exact) mass is 825 g/mol. The number of anilines is 5. The van der Waals surface area contributed by atoms with Gasteiger partial charge in [0.25, 0.3) is 5.56 Å². The first kappa shape index (κ1) is 41.2. The Morgan fingerprint density at radius 2 is 1.77 bits per heavy atom. The smallest absolute Gasteiger partial charge is 0.278 e. The van der Waals surface area contributed by atoms with E-state index in [1.807, 2.05) is 31.3 Å². The quantitative estimate of drug-likeness (QED) is 0.0399. The summed E-state index contributed by atoms with van der Waals surface area (Å²) < 4.78 is 3.43. The van der Waals surface area contributed by atoms with Crippen LogP contribution in [0.15, 0.2) is 78.2 Å². The van der Waals surface area contributed by atoms with E-state index in [1.54, 1.807) is 33.6 Å². The number of imide groups is 1. The molecule has 2 amide bonds. The number of amidine groups is 1. The Labute approximate surface area is 355 Å². The number of piperidine rings is 1. The van der Waals surface area contributed by atoms with Crippen molar-refractivity contribution in [2.45, 2.75) is 70.0 Å². The maximum absolute atomic E-state index is 13.5. The summed E-state index contributed by atoms with van der Waals surface area (Å²) in [6.07, 6.45) is 9.08. The molecule has 3 aliphatic rings. The molecule has 16 heteroatoms. The molecule has 0 saturated carbocycles. The third kappa shape index (κ3) is 8.58. The minimum Gasteiger partial charge on any atom is -0.387 e. The highest BCUT2D eigenvalue weighted by molar-refractivity contribution is 6.02.